The van der Waals surface area contributed by atoms with E-state index in [-0.39, 0.29) is 47.9 Å². The molecule has 0 saturated heterocycles. The van der Waals surface area contributed by atoms with Gasteiger partial charge in [0.2, 0.25) is 0 Å². The molecule has 0 aromatic heterocycles. The van der Waals surface area contributed by atoms with Crippen molar-refractivity contribution in [1.29, 1.82) is 0 Å². The molecule has 2 atom stereocenters. The van der Waals surface area contributed by atoms with Gasteiger partial charge in [0, 0.05) is 29.9 Å². The fourth-order valence-corrected chi connectivity index (χ4v) is 6.64. The zero-order chi connectivity index (χ0) is 42.7. The van der Waals surface area contributed by atoms with Crippen molar-refractivity contribution in [3.05, 3.63) is 122 Å². The van der Waals surface area contributed by atoms with E-state index < -0.39 is 76.0 Å². The highest BCUT2D eigenvalue weighted by molar-refractivity contribution is 6.21. The predicted molar refractivity (Wildman–Crippen MR) is 204 cm³/mol. The van der Waals surface area contributed by atoms with Gasteiger partial charge in [-0.1, -0.05) is 43.2 Å². The molecule has 5 rings (SSSR count). The lowest BCUT2D eigenvalue weighted by Crippen LogP contribution is -2.38. The number of alkyl halides is 3. The molecule has 18 heteroatoms. The van der Waals surface area contributed by atoms with Crippen molar-refractivity contribution in [1.82, 2.24) is 15.5 Å². The molecule has 0 bridgehead atoms. The number of carbonyl (C=O) groups is 4. The fraction of sp³-hybridized carbons (Fsp3) is 0.366. The first-order valence-corrected chi connectivity index (χ1v) is 18.7. The number of non-ortho nitro benzene ring substituents is 1. The van der Waals surface area contributed by atoms with Gasteiger partial charge in [-0.2, -0.15) is 13.2 Å². The fourth-order valence-electron chi connectivity index (χ4n) is 6.64. The largest absolute Gasteiger partial charge is 0.491 e. The molecule has 59 heavy (non-hydrogen) atoms. The van der Waals surface area contributed by atoms with Gasteiger partial charge in [0.05, 0.1) is 53.4 Å². The molecule has 0 fully saturated rings. The number of carbonyl (C=O) groups excluding carboxylic acids is 4. The molecule has 2 aliphatic heterocycles. The van der Waals surface area contributed by atoms with E-state index in [2.05, 4.69) is 10.6 Å². The van der Waals surface area contributed by atoms with Crippen molar-refractivity contribution >= 4 is 29.4 Å². The van der Waals surface area contributed by atoms with Crippen molar-refractivity contribution in [3.8, 4) is 11.5 Å². The van der Waals surface area contributed by atoms with Crippen LogP contribution in [0.3, 0.4) is 0 Å². The second-order valence-electron chi connectivity index (χ2n) is 13.5. The summed E-state index contributed by atoms with van der Waals surface area (Å²) in [5, 5.41) is 27.4. The molecule has 2 unspecified atom stereocenters. The third-order valence-corrected chi connectivity index (χ3v) is 9.48. The number of benzene rings is 3. The van der Waals surface area contributed by atoms with Gasteiger partial charge in [0.25, 0.3) is 17.5 Å². The van der Waals surface area contributed by atoms with E-state index in [1.807, 2.05) is 18.2 Å². The Bertz CT molecular complexity index is 2070. The number of ether oxygens (including phenoxy) is 4. The number of nitrogens with one attached hydrogen (secondary N) is 2. The Morgan fingerprint density at radius 1 is 0.915 bits per heavy atom. The molecule has 0 spiro atoms. The number of aliphatic hydroxyl groups excluding tert-OH is 1. The Kier molecular flexibility index (Phi) is 14.8. The number of nitro groups is 1. The number of esters is 2. The van der Waals surface area contributed by atoms with Crippen molar-refractivity contribution in [3.63, 3.8) is 0 Å². The van der Waals surface area contributed by atoms with E-state index in [0.29, 0.717) is 38.1 Å². The molecule has 0 saturated carbocycles. The number of aliphatic hydroxyl groups is 1. The lowest BCUT2D eigenvalue weighted by atomic mass is 9.79. The molecule has 2 aliphatic rings. The van der Waals surface area contributed by atoms with Gasteiger partial charge in [-0.15, -0.1) is 0 Å². The van der Waals surface area contributed by atoms with E-state index in [1.54, 1.807) is 24.3 Å². The summed E-state index contributed by atoms with van der Waals surface area (Å²) in [6.45, 7) is 1.33. The second kappa shape index (κ2) is 19.9. The van der Waals surface area contributed by atoms with Crippen LogP contribution in [-0.4, -0.2) is 97.5 Å². The van der Waals surface area contributed by atoms with Crippen LogP contribution >= 0.6 is 0 Å². The highest BCUT2D eigenvalue weighted by Gasteiger charge is 2.48. The zero-order valence-corrected chi connectivity index (χ0v) is 32.2. The normalized spacial score (nSPS) is 15.8. The first kappa shape index (κ1) is 43.8. The predicted octanol–water partition coefficient (Wildman–Crippen LogP) is 5.35. The number of rotatable bonds is 20. The number of hydrogen-bond acceptors (Lipinski definition) is 13. The van der Waals surface area contributed by atoms with E-state index in [0.717, 1.165) is 36.6 Å². The van der Waals surface area contributed by atoms with Crippen LogP contribution in [0.2, 0.25) is 0 Å². The second-order valence-corrected chi connectivity index (χ2v) is 13.5. The molecule has 3 aromatic carbocycles. The number of imide groups is 1. The number of halogens is 3. The van der Waals surface area contributed by atoms with Gasteiger partial charge in [0.15, 0.2) is 0 Å². The first-order chi connectivity index (χ1) is 28.2. The highest BCUT2D eigenvalue weighted by atomic mass is 19.4. The molecule has 2 amide bonds. The SMILES string of the molecule is COC(=O)C1=C(C(F)(F)F)NC(C)=C(C(=O)OCCCCCCNCC(O)COc2ccccc2)C1c1cc([N+](=O)[O-])ccc1OCCN1C(=O)c2ccccc2C1=O. The Morgan fingerprint density at radius 2 is 1.58 bits per heavy atom. The number of nitro benzene ring substituents is 1. The number of nitrogens with zero attached hydrogens (tertiary/aromatic N) is 2. The summed E-state index contributed by atoms with van der Waals surface area (Å²) in [6, 6.07) is 18.2. The van der Waals surface area contributed by atoms with Crippen LogP contribution in [0.25, 0.3) is 0 Å². The number of allylic oxidation sites excluding steroid dienone is 2. The number of hydrogen-bond donors (Lipinski definition) is 3. The first-order valence-electron chi connectivity index (χ1n) is 18.7. The van der Waals surface area contributed by atoms with Crippen LogP contribution in [0.4, 0.5) is 18.9 Å². The number of dihydropyridines is 1. The minimum atomic E-state index is -5.19. The van der Waals surface area contributed by atoms with Gasteiger partial charge < -0.3 is 34.7 Å². The van der Waals surface area contributed by atoms with Crippen molar-refractivity contribution in [2.45, 2.75) is 50.8 Å². The molecule has 0 aliphatic carbocycles. The van der Waals surface area contributed by atoms with Crippen LogP contribution in [0.15, 0.2) is 95.3 Å². The Labute approximate surface area is 336 Å². The minimum Gasteiger partial charge on any atom is -0.491 e. The topological polar surface area (TPSA) is 196 Å². The Hall–Kier alpha value is -6.27. The summed E-state index contributed by atoms with van der Waals surface area (Å²) in [5.74, 6) is -5.34. The minimum absolute atomic E-state index is 0.122. The molecule has 314 valence electrons. The maximum atomic E-state index is 14.6. The summed E-state index contributed by atoms with van der Waals surface area (Å²) in [6.07, 6.45) is -3.48. The average molecular weight is 825 g/mol. The number of unbranched alkanes of at least 4 members (excludes halogenated alkanes) is 3. The van der Waals surface area contributed by atoms with Crippen LogP contribution in [0, 0.1) is 10.1 Å². The van der Waals surface area contributed by atoms with Gasteiger partial charge in [-0.3, -0.25) is 24.6 Å². The van der Waals surface area contributed by atoms with Crippen LogP contribution in [0.5, 0.6) is 11.5 Å². The molecular formula is C41H43F3N4O11. The van der Waals surface area contributed by atoms with E-state index in [9.17, 15) is 47.6 Å². The maximum absolute atomic E-state index is 14.6. The van der Waals surface area contributed by atoms with Gasteiger partial charge in [-0.05, 0) is 56.6 Å². The zero-order valence-electron chi connectivity index (χ0n) is 32.2. The quantitative estimate of drug-likeness (QED) is 0.0434. The third kappa shape index (κ3) is 10.8. The molecule has 2 heterocycles. The van der Waals surface area contributed by atoms with Crippen molar-refractivity contribution in [2.24, 2.45) is 0 Å². The average Bonchev–Trinajstić information content (AvgIpc) is 3.46. The maximum Gasteiger partial charge on any atom is 0.431 e. The van der Waals surface area contributed by atoms with Gasteiger partial charge in [-0.25, -0.2) is 9.59 Å². The molecular weight excluding hydrogens is 781 g/mol. The van der Waals surface area contributed by atoms with Crippen molar-refractivity contribution in [2.75, 3.05) is 46.6 Å². The number of fused-ring (bicyclic) bond motifs is 1. The third-order valence-electron chi connectivity index (χ3n) is 9.48. The lowest BCUT2D eigenvalue weighted by molar-refractivity contribution is -0.384. The lowest BCUT2D eigenvalue weighted by Gasteiger charge is -2.32. The highest BCUT2D eigenvalue weighted by Crippen LogP contribution is 2.47. The smallest absolute Gasteiger partial charge is 0.431 e. The summed E-state index contributed by atoms with van der Waals surface area (Å²) in [5.41, 5.74) is -4.05. The number of para-hydroxylation sites is 1. The summed E-state index contributed by atoms with van der Waals surface area (Å²) in [4.78, 5) is 64.9. The van der Waals surface area contributed by atoms with Crippen molar-refractivity contribution < 1.29 is 61.3 Å². The summed E-state index contributed by atoms with van der Waals surface area (Å²) < 4.78 is 65.4. The summed E-state index contributed by atoms with van der Waals surface area (Å²) >= 11 is 0. The summed E-state index contributed by atoms with van der Waals surface area (Å²) in [7, 11) is 0.842. The van der Waals surface area contributed by atoms with Gasteiger partial charge in [0.1, 0.15) is 36.5 Å². The van der Waals surface area contributed by atoms with Gasteiger partial charge >= 0.3 is 18.1 Å². The Balaban J connectivity index is 1.28. The monoisotopic (exact) mass is 824 g/mol. The number of amides is 2. The van der Waals surface area contributed by atoms with E-state index >= 15 is 0 Å². The standard InChI is InChI=1S/C41H43F3N4O11/c1-25-33(40(53)58-20-11-4-3-10-18-45-23-27(49)24-59-28-12-6-5-7-13-28)34(35(39(52)56-2)36(46-25)41(42,43)44)31-22-26(48(54)55)16-17-32(31)57-21-19-47-37(50)29-14-8-9-15-30(29)38(47)51/h5-9,12-17,22,27,34,45-46,49H,3-4,10-11,18-21,23-24H2,1-2H3. The number of methoxy groups -OCH3 is 1. The van der Waals surface area contributed by atoms with Crippen LogP contribution in [0.1, 0.15) is 64.8 Å². The van der Waals surface area contributed by atoms with Crippen LogP contribution < -0.4 is 20.1 Å². The molecule has 0 radical (unpaired) electrons. The van der Waals surface area contributed by atoms with E-state index in [4.69, 9.17) is 18.9 Å². The molecule has 15 nitrogen and oxygen atoms in total. The van der Waals surface area contributed by atoms with E-state index in [1.165, 1.54) is 19.1 Å². The molecule has 3 N–H and O–H groups in total. The Morgan fingerprint density at radius 3 is 2.22 bits per heavy atom. The molecule has 3 aromatic rings. The van der Waals surface area contributed by atoms with Crippen LogP contribution in [-0.2, 0) is 19.1 Å².